The highest BCUT2D eigenvalue weighted by Crippen LogP contribution is 2.29. The van der Waals surface area contributed by atoms with E-state index in [4.69, 9.17) is 0 Å². The Kier molecular flexibility index (Phi) is 4.26. The summed E-state index contributed by atoms with van der Waals surface area (Å²) in [7, 11) is 0. The van der Waals surface area contributed by atoms with Gasteiger partial charge in [0.25, 0.3) is 0 Å². The van der Waals surface area contributed by atoms with Crippen molar-refractivity contribution in [1.82, 2.24) is 4.98 Å². The summed E-state index contributed by atoms with van der Waals surface area (Å²) in [5.41, 5.74) is 2.62. The van der Waals surface area contributed by atoms with Gasteiger partial charge in [0.2, 0.25) is 5.56 Å². The number of fused-ring (bicyclic) bond motifs is 1. The van der Waals surface area contributed by atoms with Crippen molar-refractivity contribution >= 4 is 16.6 Å². The third kappa shape index (κ3) is 3.29. The fourth-order valence-electron chi connectivity index (χ4n) is 3.80. The molecule has 1 saturated heterocycles. The van der Waals surface area contributed by atoms with Gasteiger partial charge < -0.3 is 9.88 Å². The van der Waals surface area contributed by atoms with Gasteiger partial charge in [0, 0.05) is 24.5 Å². The monoisotopic (exact) mass is 336 g/mol. The second kappa shape index (κ2) is 6.71. The largest absolute Gasteiger partial charge is 0.371 e. The van der Waals surface area contributed by atoms with Crippen LogP contribution >= 0.6 is 0 Å². The van der Waals surface area contributed by atoms with Crippen molar-refractivity contribution < 1.29 is 4.39 Å². The van der Waals surface area contributed by atoms with Crippen molar-refractivity contribution in [2.75, 3.05) is 18.0 Å². The Hall–Kier alpha value is -2.62. The molecule has 2 aromatic carbocycles. The normalized spacial score (nSPS) is 15.6. The zero-order valence-electron chi connectivity index (χ0n) is 14.0. The summed E-state index contributed by atoms with van der Waals surface area (Å²) in [6, 6.07) is 16.7. The van der Waals surface area contributed by atoms with Crippen LogP contribution in [0.1, 0.15) is 18.4 Å². The lowest BCUT2D eigenvalue weighted by molar-refractivity contribution is 0.398. The molecule has 1 aliphatic rings. The van der Waals surface area contributed by atoms with Crippen molar-refractivity contribution in [2.45, 2.75) is 19.3 Å². The molecule has 0 amide bonds. The topological polar surface area (TPSA) is 36.1 Å². The minimum atomic E-state index is -0.106. The van der Waals surface area contributed by atoms with Crippen molar-refractivity contribution in [3.63, 3.8) is 0 Å². The number of halogens is 1. The van der Waals surface area contributed by atoms with Gasteiger partial charge in [-0.2, -0.15) is 0 Å². The molecule has 3 aromatic rings. The number of pyridine rings is 1. The summed E-state index contributed by atoms with van der Waals surface area (Å²) < 4.78 is 13.9. The van der Waals surface area contributed by atoms with Crippen LogP contribution < -0.4 is 10.5 Å². The Morgan fingerprint density at radius 1 is 1.04 bits per heavy atom. The molecule has 4 rings (SSSR count). The van der Waals surface area contributed by atoms with E-state index in [2.05, 4.69) is 9.88 Å². The van der Waals surface area contributed by atoms with Crippen LogP contribution in [-0.4, -0.2) is 18.1 Å². The summed E-state index contributed by atoms with van der Waals surface area (Å²) in [5.74, 6) is 0.381. The average molecular weight is 336 g/mol. The number of H-pyrrole nitrogens is 1. The van der Waals surface area contributed by atoms with E-state index in [-0.39, 0.29) is 11.4 Å². The first kappa shape index (κ1) is 15.9. The molecular formula is C21H21FN2O. The lowest BCUT2D eigenvalue weighted by Gasteiger charge is -2.34. The van der Waals surface area contributed by atoms with E-state index < -0.39 is 0 Å². The second-order valence-electron chi connectivity index (χ2n) is 6.79. The van der Waals surface area contributed by atoms with Crippen molar-refractivity contribution in [1.29, 1.82) is 0 Å². The number of anilines is 1. The summed E-state index contributed by atoms with van der Waals surface area (Å²) in [6.45, 7) is 1.79. The van der Waals surface area contributed by atoms with Crippen LogP contribution in [0.5, 0.6) is 0 Å². The SMILES string of the molecule is O=c1cc(N2CCC(Cc3ccccc3F)CC2)c2ccccc2[nH]1. The molecule has 0 spiro atoms. The number of rotatable bonds is 3. The standard InChI is InChI=1S/C21H21FN2O/c22-18-7-3-1-5-16(18)13-15-9-11-24(12-10-15)20-14-21(25)23-19-8-4-2-6-17(19)20/h1-8,14-15H,9-13H2,(H,23,25). The predicted octanol–water partition coefficient (Wildman–Crippen LogP) is 4.13. The molecule has 3 nitrogen and oxygen atoms in total. The number of aromatic amines is 1. The molecule has 0 atom stereocenters. The van der Waals surface area contributed by atoms with E-state index >= 15 is 0 Å². The van der Waals surface area contributed by atoms with Crippen LogP contribution in [0.3, 0.4) is 0 Å². The van der Waals surface area contributed by atoms with Gasteiger partial charge in [-0.3, -0.25) is 4.79 Å². The second-order valence-corrected chi connectivity index (χ2v) is 6.79. The maximum atomic E-state index is 13.9. The zero-order chi connectivity index (χ0) is 17.2. The van der Waals surface area contributed by atoms with Crippen molar-refractivity contribution in [2.24, 2.45) is 5.92 Å². The first-order valence-electron chi connectivity index (χ1n) is 8.81. The third-order valence-electron chi connectivity index (χ3n) is 5.15. The van der Waals surface area contributed by atoms with Gasteiger partial charge in [0.05, 0.1) is 11.2 Å². The number of nitrogens with zero attached hydrogens (tertiary/aromatic N) is 1. The van der Waals surface area contributed by atoms with Crippen molar-refractivity contribution in [3.05, 3.63) is 76.3 Å². The Labute approximate surface area is 146 Å². The molecule has 25 heavy (non-hydrogen) atoms. The van der Waals surface area contributed by atoms with Gasteiger partial charge in [-0.25, -0.2) is 4.39 Å². The number of hydrogen-bond donors (Lipinski definition) is 1. The minimum Gasteiger partial charge on any atom is -0.371 e. The van der Waals surface area contributed by atoms with Crippen LogP contribution in [0.4, 0.5) is 10.1 Å². The van der Waals surface area contributed by atoms with E-state index in [0.29, 0.717) is 5.92 Å². The number of hydrogen-bond acceptors (Lipinski definition) is 2. The Morgan fingerprint density at radius 3 is 2.56 bits per heavy atom. The fourth-order valence-corrected chi connectivity index (χ4v) is 3.80. The van der Waals surface area contributed by atoms with Gasteiger partial charge in [0.1, 0.15) is 5.82 Å². The van der Waals surface area contributed by atoms with Crippen LogP contribution in [0, 0.1) is 11.7 Å². The van der Waals surface area contributed by atoms with Crippen LogP contribution in [0.25, 0.3) is 10.9 Å². The van der Waals surface area contributed by atoms with E-state index in [1.807, 2.05) is 36.4 Å². The highest BCUT2D eigenvalue weighted by Gasteiger charge is 2.22. The van der Waals surface area contributed by atoms with Crippen LogP contribution in [0.15, 0.2) is 59.4 Å². The molecule has 0 aliphatic carbocycles. The van der Waals surface area contributed by atoms with Gasteiger partial charge in [-0.1, -0.05) is 36.4 Å². The number of benzene rings is 2. The van der Waals surface area contributed by atoms with Crippen molar-refractivity contribution in [3.8, 4) is 0 Å². The van der Waals surface area contributed by atoms with E-state index in [1.54, 1.807) is 12.1 Å². The van der Waals surface area contributed by atoms with Gasteiger partial charge in [-0.15, -0.1) is 0 Å². The number of nitrogens with one attached hydrogen (secondary N) is 1. The summed E-state index contributed by atoms with van der Waals surface area (Å²) in [4.78, 5) is 17.1. The highest BCUT2D eigenvalue weighted by atomic mass is 19.1. The molecular weight excluding hydrogens is 315 g/mol. The highest BCUT2D eigenvalue weighted by molar-refractivity contribution is 5.91. The Morgan fingerprint density at radius 2 is 1.76 bits per heavy atom. The smallest absolute Gasteiger partial charge is 0.250 e. The maximum Gasteiger partial charge on any atom is 0.250 e. The van der Waals surface area contributed by atoms with Crippen LogP contribution in [0.2, 0.25) is 0 Å². The lowest BCUT2D eigenvalue weighted by atomic mass is 9.89. The molecule has 1 aromatic heterocycles. The zero-order valence-corrected chi connectivity index (χ0v) is 14.0. The molecule has 0 radical (unpaired) electrons. The molecule has 2 heterocycles. The average Bonchev–Trinajstić information content (AvgIpc) is 2.63. The molecule has 128 valence electrons. The van der Waals surface area contributed by atoms with Gasteiger partial charge >= 0.3 is 0 Å². The quantitative estimate of drug-likeness (QED) is 0.781. The molecule has 0 bridgehead atoms. The van der Waals surface area contributed by atoms with E-state index in [0.717, 1.165) is 54.5 Å². The number of para-hydroxylation sites is 1. The van der Waals surface area contributed by atoms with Gasteiger partial charge in [-0.05, 0) is 42.9 Å². The van der Waals surface area contributed by atoms with E-state index in [9.17, 15) is 9.18 Å². The number of aromatic nitrogens is 1. The van der Waals surface area contributed by atoms with Crippen LogP contribution in [-0.2, 0) is 6.42 Å². The fraction of sp³-hybridized carbons (Fsp3) is 0.286. The summed E-state index contributed by atoms with van der Waals surface area (Å²) in [6.07, 6.45) is 2.81. The van der Waals surface area contributed by atoms with E-state index in [1.165, 1.54) is 6.07 Å². The first-order valence-corrected chi connectivity index (χ1v) is 8.81. The summed E-state index contributed by atoms with van der Waals surface area (Å²) >= 11 is 0. The maximum absolute atomic E-state index is 13.9. The molecule has 1 fully saturated rings. The van der Waals surface area contributed by atoms with Gasteiger partial charge in [0.15, 0.2) is 0 Å². The first-order chi connectivity index (χ1) is 12.2. The molecule has 1 aliphatic heterocycles. The molecule has 0 saturated carbocycles. The Bertz CT molecular complexity index is 942. The molecule has 0 unspecified atom stereocenters. The lowest BCUT2D eigenvalue weighted by Crippen LogP contribution is -2.35. The minimum absolute atomic E-state index is 0.0674. The molecule has 4 heteroatoms. The molecule has 1 N–H and O–H groups in total. The Balaban J connectivity index is 1.51. The number of piperidine rings is 1. The third-order valence-corrected chi connectivity index (χ3v) is 5.15. The summed E-state index contributed by atoms with van der Waals surface area (Å²) in [5, 5.41) is 1.08. The predicted molar refractivity (Wildman–Crippen MR) is 99.6 cm³/mol.